The number of piperidine rings is 1. The number of aryl methyl sites for hydroxylation is 1. The summed E-state index contributed by atoms with van der Waals surface area (Å²) in [5.41, 5.74) is 1.22. The van der Waals surface area contributed by atoms with E-state index in [9.17, 15) is 0 Å². The highest BCUT2D eigenvalue weighted by Gasteiger charge is 2.21. The molecule has 0 spiro atoms. The third kappa shape index (κ3) is 8.05. The van der Waals surface area contributed by atoms with Crippen molar-refractivity contribution in [3.63, 3.8) is 0 Å². The Morgan fingerprint density at radius 3 is 2.75 bits per heavy atom. The highest BCUT2D eigenvalue weighted by atomic mass is 32.1. The molecule has 1 aromatic heterocycles. The van der Waals surface area contributed by atoms with Crippen molar-refractivity contribution in [1.29, 1.82) is 0 Å². The Hall–Kier alpha value is -1.18. The molecule has 1 saturated carbocycles. The van der Waals surface area contributed by atoms with E-state index >= 15 is 0 Å². The van der Waals surface area contributed by atoms with Gasteiger partial charge in [0, 0.05) is 44.8 Å². The van der Waals surface area contributed by atoms with Gasteiger partial charge in [-0.05, 0) is 70.9 Å². The average Bonchev–Trinajstić information content (AvgIpc) is 3.44. The van der Waals surface area contributed by atoms with Crippen molar-refractivity contribution in [1.82, 2.24) is 20.5 Å². The standard InChI is InChI=1S/C21H37N5OS/c1-3-22-21(23-9-4-12-27-15-19-5-6-19)24-13-18-7-10-26(11-8-18)14-20-16-28-17(2)25-20/h16,18-19H,3-15H2,1-2H3,(H2,22,23,24). The van der Waals surface area contributed by atoms with Crippen molar-refractivity contribution in [2.24, 2.45) is 16.8 Å². The highest BCUT2D eigenvalue weighted by molar-refractivity contribution is 7.09. The van der Waals surface area contributed by atoms with Gasteiger partial charge in [-0.3, -0.25) is 9.89 Å². The van der Waals surface area contributed by atoms with Crippen LogP contribution in [0.1, 0.15) is 49.7 Å². The lowest BCUT2D eigenvalue weighted by Gasteiger charge is -2.30. The number of rotatable bonds is 11. The quantitative estimate of drug-likeness (QED) is 0.335. The van der Waals surface area contributed by atoms with E-state index in [1.165, 1.54) is 31.4 Å². The molecular formula is C21H37N5OS. The van der Waals surface area contributed by atoms with E-state index in [4.69, 9.17) is 9.73 Å². The summed E-state index contributed by atoms with van der Waals surface area (Å²) in [7, 11) is 0. The van der Waals surface area contributed by atoms with Crippen molar-refractivity contribution in [2.75, 3.05) is 45.9 Å². The molecule has 0 bridgehead atoms. The Kier molecular flexibility index (Phi) is 9.02. The number of thiazole rings is 1. The number of hydrogen-bond donors (Lipinski definition) is 2. The molecule has 2 heterocycles. The van der Waals surface area contributed by atoms with Gasteiger partial charge in [0.2, 0.25) is 0 Å². The zero-order chi connectivity index (χ0) is 19.6. The van der Waals surface area contributed by atoms with Gasteiger partial charge in [-0.15, -0.1) is 11.3 Å². The second-order valence-corrected chi connectivity index (χ2v) is 9.16. The first-order valence-electron chi connectivity index (χ1n) is 11.0. The molecule has 7 heteroatoms. The molecule has 28 heavy (non-hydrogen) atoms. The summed E-state index contributed by atoms with van der Waals surface area (Å²) in [6.45, 7) is 12.0. The monoisotopic (exact) mass is 407 g/mol. The van der Waals surface area contributed by atoms with Crippen LogP contribution in [0.25, 0.3) is 0 Å². The summed E-state index contributed by atoms with van der Waals surface area (Å²) < 4.78 is 5.70. The molecule has 1 saturated heterocycles. The number of nitrogens with zero attached hydrogens (tertiary/aromatic N) is 3. The van der Waals surface area contributed by atoms with Crippen LogP contribution in [0.2, 0.25) is 0 Å². The normalized spacial score (nSPS) is 19.1. The van der Waals surface area contributed by atoms with Crippen LogP contribution in [0.4, 0.5) is 0 Å². The Labute approximate surface area is 174 Å². The maximum atomic E-state index is 5.70. The lowest BCUT2D eigenvalue weighted by atomic mass is 9.97. The maximum Gasteiger partial charge on any atom is 0.191 e. The highest BCUT2D eigenvalue weighted by Crippen LogP contribution is 2.28. The number of likely N-dealkylation sites (tertiary alicyclic amines) is 1. The van der Waals surface area contributed by atoms with E-state index in [0.29, 0.717) is 5.92 Å². The van der Waals surface area contributed by atoms with Crippen LogP contribution in [0.3, 0.4) is 0 Å². The van der Waals surface area contributed by atoms with Gasteiger partial charge in [0.25, 0.3) is 0 Å². The van der Waals surface area contributed by atoms with Crippen molar-refractivity contribution >= 4 is 17.3 Å². The SMILES string of the molecule is CCNC(=NCC1CCN(Cc2csc(C)n2)CC1)NCCCOCC1CC1. The molecule has 2 aliphatic rings. The van der Waals surface area contributed by atoms with Gasteiger partial charge in [-0.1, -0.05) is 0 Å². The van der Waals surface area contributed by atoms with Crippen molar-refractivity contribution in [2.45, 2.75) is 52.5 Å². The van der Waals surface area contributed by atoms with E-state index < -0.39 is 0 Å². The van der Waals surface area contributed by atoms with E-state index in [2.05, 4.69) is 39.7 Å². The van der Waals surface area contributed by atoms with Gasteiger partial charge in [-0.25, -0.2) is 4.98 Å². The molecular weight excluding hydrogens is 370 g/mol. The molecule has 2 N–H and O–H groups in total. The first-order valence-corrected chi connectivity index (χ1v) is 11.8. The smallest absolute Gasteiger partial charge is 0.191 e. The number of guanidine groups is 1. The molecule has 0 atom stereocenters. The minimum absolute atomic E-state index is 0.686. The van der Waals surface area contributed by atoms with E-state index in [0.717, 1.165) is 75.8 Å². The molecule has 6 nitrogen and oxygen atoms in total. The Bertz CT molecular complexity index is 593. The zero-order valence-electron chi connectivity index (χ0n) is 17.6. The van der Waals surface area contributed by atoms with E-state index in [-0.39, 0.29) is 0 Å². The van der Waals surface area contributed by atoms with Gasteiger partial charge in [0.15, 0.2) is 5.96 Å². The predicted molar refractivity (Wildman–Crippen MR) is 117 cm³/mol. The fourth-order valence-electron chi connectivity index (χ4n) is 3.51. The second-order valence-electron chi connectivity index (χ2n) is 8.10. The summed E-state index contributed by atoms with van der Waals surface area (Å²) in [6, 6.07) is 0. The Morgan fingerprint density at radius 1 is 1.25 bits per heavy atom. The summed E-state index contributed by atoms with van der Waals surface area (Å²) in [5, 5.41) is 10.2. The summed E-state index contributed by atoms with van der Waals surface area (Å²) in [4.78, 5) is 11.9. The molecule has 0 unspecified atom stereocenters. The third-order valence-corrected chi connectivity index (χ3v) is 6.24. The minimum atomic E-state index is 0.686. The molecule has 158 valence electrons. The largest absolute Gasteiger partial charge is 0.381 e. The van der Waals surface area contributed by atoms with Gasteiger partial charge < -0.3 is 15.4 Å². The molecule has 0 amide bonds. The molecule has 1 aliphatic heterocycles. The molecule has 0 radical (unpaired) electrons. The fraction of sp³-hybridized carbons (Fsp3) is 0.810. The second kappa shape index (κ2) is 11.7. The molecule has 2 fully saturated rings. The zero-order valence-corrected chi connectivity index (χ0v) is 18.4. The van der Waals surface area contributed by atoms with Crippen LogP contribution in [-0.4, -0.2) is 61.8 Å². The van der Waals surface area contributed by atoms with Gasteiger partial charge in [0.05, 0.1) is 10.7 Å². The van der Waals surface area contributed by atoms with Crippen LogP contribution in [-0.2, 0) is 11.3 Å². The third-order valence-electron chi connectivity index (χ3n) is 5.42. The van der Waals surface area contributed by atoms with Crippen LogP contribution in [0.15, 0.2) is 10.4 Å². The lowest BCUT2D eigenvalue weighted by molar-refractivity contribution is 0.123. The molecule has 1 aromatic rings. The number of hydrogen-bond acceptors (Lipinski definition) is 5. The van der Waals surface area contributed by atoms with Crippen LogP contribution in [0.5, 0.6) is 0 Å². The average molecular weight is 408 g/mol. The first kappa shape index (κ1) is 21.5. The summed E-state index contributed by atoms with van der Waals surface area (Å²) in [5.74, 6) is 2.49. The van der Waals surface area contributed by atoms with Gasteiger partial charge >= 0.3 is 0 Å². The number of nitrogens with one attached hydrogen (secondary N) is 2. The maximum absolute atomic E-state index is 5.70. The minimum Gasteiger partial charge on any atom is -0.381 e. The van der Waals surface area contributed by atoms with Crippen LogP contribution < -0.4 is 10.6 Å². The number of ether oxygens (including phenoxy) is 1. The van der Waals surface area contributed by atoms with Crippen molar-refractivity contribution in [3.8, 4) is 0 Å². The topological polar surface area (TPSA) is 61.8 Å². The first-order chi connectivity index (χ1) is 13.7. The van der Waals surface area contributed by atoms with Crippen LogP contribution in [0, 0.1) is 18.8 Å². The summed E-state index contributed by atoms with van der Waals surface area (Å²) in [6.07, 6.45) is 6.20. The molecule has 3 rings (SSSR count). The van der Waals surface area contributed by atoms with Crippen LogP contribution >= 0.6 is 11.3 Å². The molecule has 0 aromatic carbocycles. The van der Waals surface area contributed by atoms with Gasteiger partial charge in [-0.2, -0.15) is 0 Å². The number of aliphatic imine (C=N–C) groups is 1. The molecule has 1 aliphatic carbocycles. The van der Waals surface area contributed by atoms with E-state index in [1.807, 2.05) is 0 Å². The number of aromatic nitrogens is 1. The van der Waals surface area contributed by atoms with Crippen molar-refractivity contribution < 1.29 is 4.74 Å². The Morgan fingerprint density at radius 2 is 2.07 bits per heavy atom. The van der Waals surface area contributed by atoms with Gasteiger partial charge in [0.1, 0.15) is 0 Å². The predicted octanol–water partition coefficient (Wildman–Crippen LogP) is 3.04. The van der Waals surface area contributed by atoms with E-state index in [1.54, 1.807) is 11.3 Å². The summed E-state index contributed by atoms with van der Waals surface area (Å²) >= 11 is 1.75. The fourth-order valence-corrected chi connectivity index (χ4v) is 4.12. The van der Waals surface area contributed by atoms with Crippen molar-refractivity contribution in [3.05, 3.63) is 16.1 Å². The Balaban J connectivity index is 1.30. The lowest BCUT2D eigenvalue weighted by Crippen LogP contribution is -2.39.